The molecular weight excluding hydrogens is 504 g/mol. The van der Waals surface area contributed by atoms with Crippen LogP contribution in [0.1, 0.15) is 69.8 Å². The highest BCUT2D eigenvalue weighted by Crippen LogP contribution is 2.47. The second-order valence-corrected chi connectivity index (χ2v) is 10.8. The largest absolute Gasteiger partial charge is 0.493 e. The summed E-state index contributed by atoms with van der Waals surface area (Å²) in [5.74, 6) is -0.358. The zero-order chi connectivity index (χ0) is 27.8. The molecule has 1 unspecified atom stereocenters. The Labute approximate surface area is 231 Å². The van der Waals surface area contributed by atoms with Crippen molar-refractivity contribution in [3.8, 4) is 17.2 Å². The van der Waals surface area contributed by atoms with Gasteiger partial charge in [0.15, 0.2) is 11.5 Å². The molecule has 10 nitrogen and oxygen atoms in total. The summed E-state index contributed by atoms with van der Waals surface area (Å²) in [5.41, 5.74) is 0.806. The summed E-state index contributed by atoms with van der Waals surface area (Å²) < 4.78 is 22.7. The van der Waals surface area contributed by atoms with Gasteiger partial charge >= 0.3 is 5.97 Å². The number of hydrogen-bond donors (Lipinski definition) is 2. The zero-order valence-corrected chi connectivity index (χ0v) is 23.3. The van der Waals surface area contributed by atoms with Crippen LogP contribution in [0.5, 0.6) is 17.2 Å². The van der Waals surface area contributed by atoms with Crippen molar-refractivity contribution in [2.75, 3.05) is 53.3 Å². The number of methoxy groups -OCH3 is 1. The second-order valence-electron chi connectivity index (χ2n) is 10.8. The SMILES string of the molecule is CCCCN(CCCO)C(=O)CN1C[C@H](c2cc(OC)c3c(c2)OCO3)[C@@H](C(=O)O)[C@@H]1CCC1CCCCO1. The van der Waals surface area contributed by atoms with Crippen LogP contribution in [0, 0.1) is 5.92 Å². The molecule has 0 saturated carbocycles. The van der Waals surface area contributed by atoms with Crippen LogP contribution in [0.25, 0.3) is 0 Å². The molecule has 1 aromatic rings. The van der Waals surface area contributed by atoms with Crippen molar-refractivity contribution < 1.29 is 38.7 Å². The van der Waals surface area contributed by atoms with Gasteiger partial charge in [-0.05, 0) is 62.6 Å². The van der Waals surface area contributed by atoms with Gasteiger partial charge in [0.05, 0.1) is 25.7 Å². The van der Waals surface area contributed by atoms with Crippen LogP contribution in [0.4, 0.5) is 0 Å². The number of hydrogen-bond acceptors (Lipinski definition) is 8. The van der Waals surface area contributed by atoms with E-state index in [4.69, 9.17) is 18.9 Å². The molecule has 2 N–H and O–H groups in total. The van der Waals surface area contributed by atoms with E-state index in [1.807, 2.05) is 17.0 Å². The molecule has 3 aliphatic heterocycles. The smallest absolute Gasteiger partial charge is 0.308 e. The van der Waals surface area contributed by atoms with Gasteiger partial charge in [-0.2, -0.15) is 0 Å². The minimum Gasteiger partial charge on any atom is -0.493 e. The van der Waals surface area contributed by atoms with Gasteiger partial charge in [-0.1, -0.05) is 13.3 Å². The Morgan fingerprint density at radius 3 is 2.67 bits per heavy atom. The number of nitrogens with zero attached hydrogens (tertiary/aromatic N) is 2. The van der Waals surface area contributed by atoms with Crippen LogP contribution in [-0.2, 0) is 14.3 Å². The standard InChI is InChI=1S/C29H44N2O8/c1-3-4-11-30(12-7-13-32)26(33)18-31-17-22(20-15-24(36-2)28-25(16-20)38-19-39-28)27(29(34)35)23(31)10-9-21-8-5-6-14-37-21/h15-16,21-23,27,32H,3-14,17-19H2,1-2H3,(H,34,35)/t21?,22-,23+,27-/m1/s1. The maximum Gasteiger partial charge on any atom is 0.308 e. The summed E-state index contributed by atoms with van der Waals surface area (Å²) in [6.45, 7) is 4.66. The number of ether oxygens (including phenoxy) is 4. The molecule has 0 aliphatic carbocycles. The van der Waals surface area contributed by atoms with E-state index in [-0.39, 0.29) is 43.9 Å². The molecule has 0 aromatic heterocycles. The van der Waals surface area contributed by atoms with E-state index in [1.54, 1.807) is 7.11 Å². The van der Waals surface area contributed by atoms with Crippen LogP contribution < -0.4 is 14.2 Å². The molecule has 39 heavy (non-hydrogen) atoms. The Bertz CT molecular complexity index is 959. The average molecular weight is 549 g/mol. The maximum atomic E-state index is 13.5. The second kappa shape index (κ2) is 14.2. The Kier molecular flexibility index (Phi) is 10.7. The van der Waals surface area contributed by atoms with Gasteiger partial charge in [0.1, 0.15) is 0 Å². The first-order chi connectivity index (χ1) is 19.0. The van der Waals surface area contributed by atoms with Gasteiger partial charge in [0.25, 0.3) is 0 Å². The van der Waals surface area contributed by atoms with E-state index in [0.29, 0.717) is 49.7 Å². The molecule has 2 saturated heterocycles. The lowest BCUT2D eigenvalue weighted by Gasteiger charge is -2.31. The number of aliphatic hydroxyl groups excluding tert-OH is 1. The highest BCUT2D eigenvalue weighted by atomic mass is 16.7. The molecule has 4 atom stereocenters. The predicted octanol–water partition coefficient (Wildman–Crippen LogP) is 3.25. The molecule has 4 rings (SSSR count). The lowest BCUT2D eigenvalue weighted by atomic mass is 9.83. The number of rotatable bonds is 14. The van der Waals surface area contributed by atoms with Crippen LogP contribution in [0.3, 0.4) is 0 Å². The molecule has 1 amide bonds. The number of unbranched alkanes of at least 4 members (excludes halogenated alkanes) is 1. The number of carbonyl (C=O) groups excluding carboxylic acids is 1. The molecule has 0 spiro atoms. The minimum absolute atomic E-state index is 0.0242. The number of aliphatic hydroxyl groups is 1. The van der Waals surface area contributed by atoms with Crippen LogP contribution in [0.15, 0.2) is 12.1 Å². The van der Waals surface area contributed by atoms with Gasteiger partial charge < -0.3 is 34.1 Å². The highest BCUT2D eigenvalue weighted by molar-refractivity contribution is 5.79. The van der Waals surface area contributed by atoms with Gasteiger partial charge in [-0.25, -0.2) is 0 Å². The van der Waals surface area contributed by atoms with Gasteiger partial charge in [0, 0.05) is 44.8 Å². The van der Waals surface area contributed by atoms with E-state index >= 15 is 0 Å². The zero-order valence-electron chi connectivity index (χ0n) is 23.3. The molecule has 3 aliphatic rings. The number of aliphatic carboxylic acids is 1. The summed E-state index contributed by atoms with van der Waals surface area (Å²) in [6, 6.07) is 3.38. The first-order valence-electron chi connectivity index (χ1n) is 14.4. The van der Waals surface area contributed by atoms with Crippen molar-refractivity contribution in [2.45, 2.75) is 76.4 Å². The number of likely N-dealkylation sites (tertiary alicyclic amines) is 1. The van der Waals surface area contributed by atoms with Crippen LogP contribution >= 0.6 is 0 Å². The summed E-state index contributed by atoms with van der Waals surface area (Å²) in [6.07, 6.45) is 7.07. The van der Waals surface area contributed by atoms with E-state index in [9.17, 15) is 19.8 Å². The molecule has 3 heterocycles. The monoisotopic (exact) mass is 548 g/mol. The molecular formula is C29H44N2O8. The summed E-state index contributed by atoms with van der Waals surface area (Å²) in [7, 11) is 1.56. The maximum absolute atomic E-state index is 13.5. The molecule has 2 fully saturated rings. The van der Waals surface area contributed by atoms with Crippen molar-refractivity contribution in [3.63, 3.8) is 0 Å². The molecule has 218 valence electrons. The minimum atomic E-state index is -0.871. The molecule has 10 heteroatoms. The highest BCUT2D eigenvalue weighted by Gasteiger charge is 2.47. The van der Waals surface area contributed by atoms with Crippen molar-refractivity contribution >= 4 is 11.9 Å². The van der Waals surface area contributed by atoms with Crippen molar-refractivity contribution in [1.82, 2.24) is 9.80 Å². The molecule has 0 bridgehead atoms. The quantitative estimate of drug-likeness (QED) is 0.361. The first kappa shape index (κ1) is 29.4. The van der Waals surface area contributed by atoms with E-state index in [2.05, 4.69) is 11.8 Å². The van der Waals surface area contributed by atoms with Gasteiger partial charge in [-0.3, -0.25) is 14.5 Å². The lowest BCUT2D eigenvalue weighted by molar-refractivity contribution is -0.144. The van der Waals surface area contributed by atoms with E-state index in [1.165, 1.54) is 0 Å². The number of carboxylic acid groups (broad SMARTS) is 1. The average Bonchev–Trinajstić information content (AvgIpc) is 3.56. The Hall–Kier alpha value is -2.56. The van der Waals surface area contributed by atoms with Crippen LogP contribution in [0.2, 0.25) is 0 Å². The molecule has 0 radical (unpaired) electrons. The van der Waals surface area contributed by atoms with Gasteiger partial charge in [-0.15, -0.1) is 0 Å². The Balaban J connectivity index is 1.60. The summed E-state index contributed by atoms with van der Waals surface area (Å²) in [4.78, 5) is 30.2. The third kappa shape index (κ3) is 7.15. The summed E-state index contributed by atoms with van der Waals surface area (Å²) in [5, 5.41) is 19.9. The van der Waals surface area contributed by atoms with Gasteiger partial charge in [0.2, 0.25) is 18.4 Å². The topological polar surface area (TPSA) is 118 Å². The normalized spacial score (nSPS) is 24.6. The van der Waals surface area contributed by atoms with Crippen LogP contribution in [-0.4, -0.2) is 97.3 Å². The van der Waals surface area contributed by atoms with Crippen molar-refractivity contribution in [3.05, 3.63) is 17.7 Å². The summed E-state index contributed by atoms with van der Waals surface area (Å²) >= 11 is 0. The predicted molar refractivity (Wildman–Crippen MR) is 144 cm³/mol. The fourth-order valence-corrected chi connectivity index (χ4v) is 6.19. The third-order valence-corrected chi connectivity index (χ3v) is 8.26. The fourth-order valence-electron chi connectivity index (χ4n) is 6.19. The number of fused-ring (bicyclic) bond motifs is 1. The number of benzene rings is 1. The molecule has 1 aromatic carbocycles. The van der Waals surface area contributed by atoms with E-state index in [0.717, 1.165) is 50.7 Å². The van der Waals surface area contributed by atoms with Crippen molar-refractivity contribution in [2.24, 2.45) is 5.92 Å². The van der Waals surface area contributed by atoms with Crippen molar-refractivity contribution in [1.29, 1.82) is 0 Å². The first-order valence-corrected chi connectivity index (χ1v) is 14.4. The third-order valence-electron chi connectivity index (χ3n) is 8.26. The lowest BCUT2D eigenvalue weighted by Crippen LogP contribution is -2.45. The number of carbonyl (C=O) groups is 2. The Morgan fingerprint density at radius 2 is 1.97 bits per heavy atom. The number of carboxylic acids is 1. The fraction of sp³-hybridized carbons (Fsp3) is 0.724. The van der Waals surface area contributed by atoms with E-state index < -0.39 is 11.9 Å². The number of amides is 1. The Morgan fingerprint density at radius 1 is 1.15 bits per heavy atom.